The third-order valence-electron chi connectivity index (χ3n) is 4.16. The van der Waals surface area contributed by atoms with Gasteiger partial charge in [0.2, 0.25) is 0 Å². The van der Waals surface area contributed by atoms with Gasteiger partial charge in [-0.3, -0.25) is 0 Å². The van der Waals surface area contributed by atoms with Crippen LogP contribution in [-0.2, 0) is 0 Å². The Kier molecular flexibility index (Phi) is 4.33. The van der Waals surface area contributed by atoms with E-state index >= 15 is 0 Å². The number of benzene rings is 1. The van der Waals surface area contributed by atoms with E-state index < -0.39 is 0 Å². The van der Waals surface area contributed by atoms with Gasteiger partial charge in [-0.25, -0.2) is 0 Å². The number of piperidine rings is 1. The highest BCUT2D eigenvalue weighted by molar-refractivity contribution is 9.10. The summed E-state index contributed by atoms with van der Waals surface area (Å²) in [6, 6.07) is 8.50. The second-order valence-electron chi connectivity index (χ2n) is 5.92. The van der Waals surface area contributed by atoms with E-state index in [2.05, 4.69) is 58.9 Å². The molecule has 3 heteroatoms. The van der Waals surface area contributed by atoms with E-state index in [9.17, 15) is 0 Å². The lowest BCUT2D eigenvalue weighted by atomic mass is 9.72. The Hall–Kier alpha value is -0.540. The van der Waals surface area contributed by atoms with Crippen LogP contribution in [0.15, 0.2) is 28.7 Å². The third kappa shape index (κ3) is 2.89. The smallest absolute Gasteiger partial charge is 0.0510 e. The van der Waals surface area contributed by atoms with Crippen LogP contribution in [0.2, 0.25) is 0 Å². The van der Waals surface area contributed by atoms with Gasteiger partial charge in [0.1, 0.15) is 0 Å². The molecule has 1 heterocycles. The number of nitrogens with two attached hydrogens (primary N) is 1. The molecule has 0 saturated carbocycles. The average molecular weight is 311 g/mol. The number of hydrogen-bond donors (Lipinski definition) is 1. The largest absolute Gasteiger partial charge is 0.370 e. The molecule has 1 atom stereocenters. The Morgan fingerprint density at radius 1 is 1.39 bits per heavy atom. The molecular formula is C15H23BrN2. The molecule has 0 spiro atoms. The molecule has 1 aliphatic rings. The van der Waals surface area contributed by atoms with Crippen molar-refractivity contribution < 1.29 is 0 Å². The van der Waals surface area contributed by atoms with Crippen molar-refractivity contribution in [1.82, 2.24) is 0 Å². The van der Waals surface area contributed by atoms with Crippen LogP contribution in [0.5, 0.6) is 0 Å². The zero-order chi connectivity index (χ0) is 13.2. The molecule has 1 fully saturated rings. The maximum Gasteiger partial charge on any atom is 0.0510 e. The Bertz CT molecular complexity index is 403. The van der Waals surface area contributed by atoms with Crippen LogP contribution in [-0.4, -0.2) is 19.6 Å². The van der Waals surface area contributed by atoms with E-state index in [0.717, 1.165) is 32.0 Å². The number of anilines is 1. The Morgan fingerprint density at radius 3 is 2.72 bits per heavy atom. The summed E-state index contributed by atoms with van der Waals surface area (Å²) in [7, 11) is 0. The van der Waals surface area contributed by atoms with E-state index in [0.29, 0.717) is 5.41 Å². The first-order chi connectivity index (χ1) is 8.54. The van der Waals surface area contributed by atoms with Gasteiger partial charge in [0, 0.05) is 17.6 Å². The highest BCUT2D eigenvalue weighted by Gasteiger charge is 2.35. The van der Waals surface area contributed by atoms with Crippen molar-refractivity contribution in [3.63, 3.8) is 0 Å². The Balaban J connectivity index is 2.14. The van der Waals surface area contributed by atoms with E-state index in [4.69, 9.17) is 5.73 Å². The SMILES string of the molecule is CC1(C)CN(c2ccccc2Br)CCC1CCN. The van der Waals surface area contributed by atoms with Crippen molar-refractivity contribution in [2.24, 2.45) is 17.1 Å². The van der Waals surface area contributed by atoms with E-state index in [1.165, 1.54) is 16.6 Å². The Labute approximate surface area is 119 Å². The fourth-order valence-corrected chi connectivity index (χ4v) is 3.59. The molecule has 1 aliphatic heterocycles. The lowest BCUT2D eigenvalue weighted by Gasteiger charge is -2.45. The molecule has 0 aliphatic carbocycles. The first-order valence-corrected chi connectivity index (χ1v) is 7.53. The van der Waals surface area contributed by atoms with Crippen molar-refractivity contribution in [3.8, 4) is 0 Å². The first kappa shape index (κ1) is 13.9. The summed E-state index contributed by atoms with van der Waals surface area (Å²) in [5, 5.41) is 0. The molecule has 100 valence electrons. The highest BCUT2D eigenvalue weighted by Crippen LogP contribution is 2.39. The van der Waals surface area contributed by atoms with Crippen molar-refractivity contribution in [3.05, 3.63) is 28.7 Å². The molecule has 1 unspecified atom stereocenters. The van der Waals surface area contributed by atoms with Gasteiger partial charge in [-0.2, -0.15) is 0 Å². The molecule has 18 heavy (non-hydrogen) atoms. The van der Waals surface area contributed by atoms with Crippen LogP contribution in [0.4, 0.5) is 5.69 Å². The summed E-state index contributed by atoms with van der Waals surface area (Å²) in [6.45, 7) is 7.80. The normalized spacial score (nSPS) is 23.1. The minimum atomic E-state index is 0.340. The molecule has 2 N–H and O–H groups in total. The molecule has 1 saturated heterocycles. The van der Waals surface area contributed by atoms with Crippen LogP contribution in [0.3, 0.4) is 0 Å². The van der Waals surface area contributed by atoms with E-state index in [-0.39, 0.29) is 0 Å². The molecule has 0 bridgehead atoms. The summed E-state index contributed by atoms with van der Waals surface area (Å²) >= 11 is 3.65. The van der Waals surface area contributed by atoms with Gasteiger partial charge < -0.3 is 10.6 Å². The van der Waals surface area contributed by atoms with Gasteiger partial charge in [-0.15, -0.1) is 0 Å². The van der Waals surface area contributed by atoms with E-state index in [1.807, 2.05) is 0 Å². The van der Waals surface area contributed by atoms with Crippen molar-refractivity contribution in [2.45, 2.75) is 26.7 Å². The van der Waals surface area contributed by atoms with Crippen LogP contribution in [0.25, 0.3) is 0 Å². The maximum atomic E-state index is 5.73. The monoisotopic (exact) mass is 310 g/mol. The number of para-hydroxylation sites is 1. The first-order valence-electron chi connectivity index (χ1n) is 6.74. The maximum absolute atomic E-state index is 5.73. The quantitative estimate of drug-likeness (QED) is 0.923. The highest BCUT2D eigenvalue weighted by atomic mass is 79.9. The summed E-state index contributed by atoms with van der Waals surface area (Å²) in [5.41, 5.74) is 7.39. The number of rotatable bonds is 3. The van der Waals surface area contributed by atoms with E-state index in [1.54, 1.807) is 0 Å². The predicted octanol–water partition coefficient (Wildman–Crippen LogP) is 3.65. The van der Waals surface area contributed by atoms with Crippen molar-refractivity contribution >= 4 is 21.6 Å². The van der Waals surface area contributed by atoms with Gasteiger partial charge in [0.05, 0.1) is 5.69 Å². The molecule has 1 aromatic carbocycles. The Morgan fingerprint density at radius 2 is 2.11 bits per heavy atom. The van der Waals surface area contributed by atoms with Crippen molar-refractivity contribution in [1.29, 1.82) is 0 Å². The van der Waals surface area contributed by atoms with Gasteiger partial charge in [-0.05, 0) is 58.8 Å². The van der Waals surface area contributed by atoms with Crippen LogP contribution in [0.1, 0.15) is 26.7 Å². The summed E-state index contributed by atoms with van der Waals surface area (Å²) < 4.78 is 1.19. The van der Waals surface area contributed by atoms with Crippen LogP contribution in [0, 0.1) is 11.3 Å². The second-order valence-corrected chi connectivity index (χ2v) is 6.78. The van der Waals surface area contributed by atoms with Gasteiger partial charge >= 0.3 is 0 Å². The molecule has 0 amide bonds. The average Bonchev–Trinajstić information content (AvgIpc) is 2.32. The number of halogens is 1. The summed E-state index contributed by atoms with van der Waals surface area (Å²) in [5.74, 6) is 0.751. The molecule has 2 rings (SSSR count). The zero-order valence-corrected chi connectivity index (χ0v) is 12.9. The topological polar surface area (TPSA) is 29.3 Å². The van der Waals surface area contributed by atoms with Crippen LogP contribution < -0.4 is 10.6 Å². The minimum Gasteiger partial charge on any atom is -0.370 e. The standard InChI is InChI=1S/C15H23BrN2/c1-15(2)11-18(10-8-12(15)7-9-17)14-6-4-3-5-13(14)16/h3-6,12H,7-11,17H2,1-2H3. The zero-order valence-electron chi connectivity index (χ0n) is 11.3. The summed E-state index contributed by atoms with van der Waals surface area (Å²) in [6.07, 6.45) is 2.39. The molecule has 0 aromatic heterocycles. The molecule has 1 aromatic rings. The third-order valence-corrected chi connectivity index (χ3v) is 4.83. The van der Waals surface area contributed by atoms with Crippen molar-refractivity contribution in [2.75, 3.05) is 24.5 Å². The van der Waals surface area contributed by atoms with Gasteiger partial charge in [-0.1, -0.05) is 26.0 Å². The molecule has 0 radical (unpaired) electrons. The lowest BCUT2D eigenvalue weighted by molar-refractivity contribution is 0.167. The van der Waals surface area contributed by atoms with Gasteiger partial charge in [0.25, 0.3) is 0 Å². The summed E-state index contributed by atoms with van der Waals surface area (Å²) in [4.78, 5) is 2.50. The molecule has 2 nitrogen and oxygen atoms in total. The fraction of sp³-hybridized carbons (Fsp3) is 0.600. The lowest BCUT2D eigenvalue weighted by Crippen LogP contribution is -2.46. The van der Waals surface area contributed by atoms with Gasteiger partial charge in [0.15, 0.2) is 0 Å². The van der Waals surface area contributed by atoms with Crippen LogP contribution >= 0.6 is 15.9 Å². The fourth-order valence-electron chi connectivity index (χ4n) is 3.05. The molecular weight excluding hydrogens is 288 g/mol. The predicted molar refractivity (Wildman–Crippen MR) is 81.9 cm³/mol. The second kappa shape index (κ2) is 5.62. The number of nitrogens with zero attached hydrogens (tertiary/aromatic N) is 1. The minimum absolute atomic E-state index is 0.340. The number of hydrogen-bond acceptors (Lipinski definition) is 2.